The van der Waals surface area contributed by atoms with Gasteiger partial charge in [-0.1, -0.05) is 18.7 Å². The highest BCUT2D eigenvalue weighted by Crippen LogP contribution is 1.99. The van der Waals surface area contributed by atoms with E-state index in [1.807, 2.05) is 18.2 Å². The van der Waals surface area contributed by atoms with Crippen molar-refractivity contribution in [2.24, 2.45) is 5.73 Å². The topological polar surface area (TPSA) is 65.2 Å². The molecule has 0 aliphatic rings. The van der Waals surface area contributed by atoms with E-state index in [0.717, 1.165) is 5.69 Å². The SMILES string of the molecule is C=CCOC(=O)[C@@H](N)Cc1ccccn1. The molecule has 2 N–H and O–H groups in total. The van der Waals surface area contributed by atoms with Gasteiger partial charge in [0.25, 0.3) is 0 Å². The highest BCUT2D eigenvalue weighted by molar-refractivity contribution is 5.75. The van der Waals surface area contributed by atoms with Gasteiger partial charge in [0.05, 0.1) is 0 Å². The van der Waals surface area contributed by atoms with Gasteiger partial charge in [-0.05, 0) is 12.1 Å². The number of rotatable bonds is 5. The molecule has 0 aromatic carbocycles. The van der Waals surface area contributed by atoms with Crippen LogP contribution in [0.2, 0.25) is 0 Å². The maximum atomic E-state index is 11.3. The standard InChI is InChI=1S/C11H14N2O2/c1-2-7-15-11(14)10(12)8-9-5-3-4-6-13-9/h2-6,10H,1,7-8,12H2/t10-/m0/s1. The van der Waals surface area contributed by atoms with Crippen molar-refractivity contribution in [3.05, 3.63) is 42.7 Å². The molecule has 0 unspecified atom stereocenters. The number of hydrogen-bond donors (Lipinski definition) is 1. The molecule has 0 fully saturated rings. The van der Waals surface area contributed by atoms with E-state index >= 15 is 0 Å². The molecule has 0 spiro atoms. The van der Waals surface area contributed by atoms with Crippen molar-refractivity contribution in [3.8, 4) is 0 Å². The fourth-order valence-electron chi connectivity index (χ4n) is 1.08. The van der Waals surface area contributed by atoms with Crippen LogP contribution in [0.4, 0.5) is 0 Å². The van der Waals surface area contributed by atoms with Gasteiger partial charge in [0, 0.05) is 18.3 Å². The average molecular weight is 206 g/mol. The quantitative estimate of drug-likeness (QED) is 0.568. The van der Waals surface area contributed by atoms with Crippen LogP contribution in [-0.2, 0) is 16.0 Å². The van der Waals surface area contributed by atoms with E-state index in [4.69, 9.17) is 10.5 Å². The van der Waals surface area contributed by atoms with Crippen LogP contribution >= 0.6 is 0 Å². The van der Waals surface area contributed by atoms with Crippen LogP contribution in [0.5, 0.6) is 0 Å². The van der Waals surface area contributed by atoms with E-state index in [-0.39, 0.29) is 6.61 Å². The van der Waals surface area contributed by atoms with Gasteiger partial charge in [0.2, 0.25) is 0 Å². The van der Waals surface area contributed by atoms with Gasteiger partial charge in [-0.15, -0.1) is 0 Å². The molecule has 0 aliphatic carbocycles. The Morgan fingerprint density at radius 3 is 3.07 bits per heavy atom. The smallest absolute Gasteiger partial charge is 0.323 e. The molecule has 0 radical (unpaired) electrons. The maximum Gasteiger partial charge on any atom is 0.323 e. The van der Waals surface area contributed by atoms with Crippen LogP contribution in [0.1, 0.15) is 5.69 Å². The summed E-state index contributed by atoms with van der Waals surface area (Å²) < 4.78 is 4.82. The van der Waals surface area contributed by atoms with Gasteiger partial charge in [0.15, 0.2) is 0 Å². The Balaban J connectivity index is 2.45. The average Bonchev–Trinajstić information content (AvgIpc) is 2.27. The maximum absolute atomic E-state index is 11.3. The van der Waals surface area contributed by atoms with Crippen LogP contribution in [-0.4, -0.2) is 23.6 Å². The molecule has 1 rings (SSSR count). The van der Waals surface area contributed by atoms with Gasteiger partial charge in [-0.3, -0.25) is 9.78 Å². The molecule has 0 saturated heterocycles. The molecule has 0 bridgehead atoms. The molecule has 1 aromatic rings. The lowest BCUT2D eigenvalue weighted by Gasteiger charge is -2.09. The van der Waals surface area contributed by atoms with Gasteiger partial charge >= 0.3 is 5.97 Å². The third kappa shape index (κ3) is 3.91. The number of carbonyl (C=O) groups is 1. The van der Waals surface area contributed by atoms with E-state index in [0.29, 0.717) is 6.42 Å². The molecule has 1 atom stereocenters. The number of nitrogens with zero attached hydrogens (tertiary/aromatic N) is 1. The number of esters is 1. The van der Waals surface area contributed by atoms with E-state index in [9.17, 15) is 4.79 Å². The number of carbonyl (C=O) groups excluding carboxylic acids is 1. The zero-order valence-corrected chi connectivity index (χ0v) is 8.43. The first-order chi connectivity index (χ1) is 7.24. The molecule has 1 heterocycles. The number of nitrogens with two attached hydrogens (primary N) is 1. The van der Waals surface area contributed by atoms with Crippen molar-refractivity contribution >= 4 is 5.97 Å². The van der Waals surface area contributed by atoms with E-state index < -0.39 is 12.0 Å². The lowest BCUT2D eigenvalue weighted by atomic mass is 10.1. The number of aromatic nitrogens is 1. The summed E-state index contributed by atoms with van der Waals surface area (Å²) in [5.74, 6) is -0.430. The molecule has 0 saturated carbocycles. The Labute approximate surface area is 88.8 Å². The summed E-state index contributed by atoms with van der Waals surface area (Å²) in [6, 6.07) is 4.82. The Hall–Kier alpha value is -1.68. The second kappa shape index (κ2) is 5.93. The second-order valence-electron chi connectivity index (χ2n) is 3.05. The summed E-state index contributed by atoms with van der Waals surface area (Å²) in [4.78, 5) is 15.4. The highest BCUT2D eigenvalue weighted by Gasteiger charge is 2.15. The summed E-state index contributed by atoms with van der Waals surface area (Å²) in [6.45, 7) is 3.63. The monoisotopic (exact) mass is 206 g/mol. The third-order valence-corrected chi connectivity index (χ3v) is 1.80. The number of hydrogen-bond acceptors (Lipinski definition) is 4. The lowest BCUT2D eigenvalue weighted by molar-refractivity contribution is -0.143. The Kier molecular flexibility index (Phi) is 4.50. The Bertz CT molecular complexity index is 325. The molecule has 4 heteroatoms. The molecule has 1 aromatic heterocycles. The van der Waals surface area contributed by atoms with Crippen molar-refractivity contribution in [3.63, 3.8) is 0 Å². The minimum absolute atomic E-state index is 0.189. The van der Waals surface area contributed by atoms with Crippen molar-refractivity contribution in [2.45, 2.75) is 12.5 Å². The predicted octanol–water partition coefficient (Wildman–Crippen LogP) is 0.681. The minimum Gasteiger partial charge on any atom is -0.460 e. The normalized spacial score (nSPS) is 11.8. The molecule has 15 heavy (non-hydrogen) atoms. The van der Waals surface area contributed by atoms with Crippen LogP contribution in [0, 0.1) is 0 Å². The summed E-state index contributed by atoms with van der Waals surface area (Å²) >= 11 is 0. The molecule has 80 valence electrons. The first-order valence-corrected chi connectivity index (χ1v) is 4.67. The molecular weight excluding hydrogens is 192 g/mol. The summed E-state index contributed by atoms with van der Waals surface area (Å²) in [5, 5.41) is 0. The van der Waals surface area contributed by atoms with Gasteiger partial charge in [0.1, 0.15) is 12.6 Å². The van der Waals surface area contributed by atoms with Gasteiger partial charge in [-0.2, -0.15) is 0 Å². The van der Waals surface area contributed by atoms with E-state index in [1.165, 1.54) is 6.08 Å². The zero-order chi connectivity index (χ0) is 11.1. The highest BCUT2D eigenvalue weighted by atomic mass is 16.5. The first-order valence-electron chi connectivity index (χ1n) is 4.67. The largest absolute Gasteiger partial charge is 0.460 e. The van der Waals surface area contributed by atoms with Crippen molar-refractivity contribution < 1.29 is 9.53 Å². The summed E-state index contributed by atoms with van der Waals surface area (Å²) in [5.41, 5.74) is 6.42. The zero-order valence-electron chi connectivity index (χ0n) is 8.43. The molecular formula is C11H14N2O2. The molecule has 4 nitrogen and oxygen atoms in total. The van der Waals surface area contributed by atoms with Crippen molar-refractivity contribution in [1.82, 2.24) is 4.98 Å². The Morgan fingerprint density at radius 2 is 2.47 bits per heavy atom. The fraction of sp³-hybridized carbons (Fsp3) is 0.273. The first kappa shape index (κ1) is 11.4. The third-order valence-electron chi connectivity index (χ3n) is 1.80. The number of pyridine rings is 1. The van der Waals surface area contributed by atoms with Crippen molar-refractivity contribution in [2.75, 3.05) is 6.61 Å². The fourth-order valence-corrected chi connectivity index (χ4v) is 1.08. The van der Waals surface area contributed by atoms with E-state index in [2.05, 4.69) is 11.6 Å². The van der Waals surface area contributed by atoms with Crippen LogP contribution in [0.25, 0.3) is 0 Å². The number of ether oxygens (including phenoxy) is 1. The summed E-state index contributed by atoms with van der Waals surface area (Å²) in [6.07, 6.45) is 3.55. The predicted molar refractivity (Wildman–Crippen MR) is 57.1 cm³/mol. The van der Waals surface area contributed by atoms with Crippen molar-refractivity contribution in [1.29, 1.82) is 0 Å². The molecule has 0 aliphatic heterocycles. The van der Waals surface area contributed by atoms with Gasteiger partial charge < -0.3 is 10.5 Å². The molecule has 0 amide bonds. The summed E-state index contributed by atoms with van der Waals surface area (Å²) in [7, 11) is 0. The minimum atomic E-state index is -0.667. The van der Waals surface area contributed by atoms with Crippen LogP contribution < -0.4 is 5.73 Å². The van der Waals surface area contributed by atoms with E-state index in [1.54, 1.807) is 6.20 Å². The lowest BCUT2D eigenvalue weighted by Crippen LogP contribution is -2.34. The van der Waals surface area contributed by atoms with Crippen LogP contribution in [0.3, 0.4) is 0 Å². The van der Waals surface area contributed by atoms with Gasteiger partial charge in [-0.25, -0.2) is 0 Å². The van der Waals surface area contributed by atoms with Crippen LogP contribution in [0.15, 0.2) is 37.1 Å². The second-order valence-corrected chi connectivity index (χ2v) is 3.05. The Morgan fingerprint density at radius 1 is 1.67 bits per heavy atom.